The second-order valence-corrected chi connectivity index (χ2v) is 2.75. The predicted molar refractivity (Wildman–Crippen MR) is 45.9 cm³/mol. The Morgan fingerprint density at radius 1 is 1.73 bits per heavy atom. The molecule has 0 fully saturated rings. The molecule has 1 unspecified atom stereocenters. The zero-order chi connectivity index (χ0) is 6.97. The molecule has 0 bridgehead atoms. The van der Waals surface area contributed by atoms with Crippen LogP contribution in [-0.2, 0) is 6.54 Å². The summed E-state index contributed by atoms with van der Waals surface area (Å²) in [6.45, 7) is 4.17. The first kappa shape index (κ1) is 8.56. The van der Waals surface area contributed by atoms with E-state index >= 15 is 0 Å². The van der Waals surface area contributed by atoms with Crippen molar-refractivity contribution in [2.75, 3.05) is 6.54 Å². The van der Waals surface area contributed by atoms with E-state index in [0.717, 1.165) is 13.1 Å². The zero-order valence-electron chi connectivity index (χ0n) is 6.45. The smallest absolute Gasteiger partial charge is 0.0619 e. The van der Waals surface area contributed by atoms with Crippen LogP contribution < -0.4 is 5.32 Å². The Morgan fingerprint density at radius 3 is 3.27 bits per heavy atom. The molecule has 0 saturated carbocycles. The minimum Gasteiger partial charge on any atom is -0.309 e. The molecule has 4 heteroatoms. The van der Waals surface area contributed by atoms with Gasteiger partial charge in [-0.2, -0.15) is 5.10 Å². The lowest BCUT2D eigenvalue weighted by Gasteiger charge is -2.21. The van der Waals surface area contributed by atoms with Gasteiger partial charge in [0.2, 0.25) is 0 Å². The average molecular weight is 174 g/mol. The summed E-state index contributed by atoms with van der Waals surface area (Å²) in [5.74, 6) is 0. The van der Waals surface area contributed by atoms with Gasteiger partial charge in [0.1, 0.15) is 0 Å². The zero-order valence-corrected chi connectivity index (χ0v) is 7.27. The lowest BCUT2D eigenvalue weighted by atomic mass is 10.2. The van der Waals surface area contributed by atoms with Crippen LogP contribution in [-0.4, -0.2) is 16.3 Å². The van der Waals surface area contributed by atoms with Crippen molar-refractivity contribution in [1.82, 2.24) is 15.1 Å². The number of hydrogen-bond acceptors (Lipinski definition) is 2. The van der Waals surface area contributed by atoms with Crippen LogP contribution in [0.1, 0.15) is 18.7 Å². The Labute approximate surface area is 72.2 Å². The van der Waals surface area contributed by atoms with E-state index in [9.17, 15) is 0 Å². The highest BCUT2D eigenvalue weighted by atomic mass is 35.5. The van der Waals surface area contributed by atoms with Gasteiger partial charge in [-0.3, -0.25) is 4.68 Å². The van der Waals surface area contributed by atoms with E-state index in [1.54, 1.807) is 0 Å². The molecule has 1 aliphatic rings. The van der Waals surface area contributed by atoms with Gasteiger partial charge >= 0.3 is 0 Å². The van der Waals surface area contributed by atoms with E-state index < -0.39 is 0 Å². The van der Waals surface area contributed by atoms with Crippen LogP contribution in [0.5, 0.6) is 0 Å². The van der Waals surface area contributed by atoms with Crippen LogP contribution in [0.25, 0.3) is 0 Å². The molecular weight excluding hydrogens is 162 g/mol. The Bertz CT molecular complexity index is 233. The SMILES string of the molecule is CC1CNCc2ccnn21.Cl. The van der Waals surface area contributed by atoms with Crippen molar-refractivity contribution in [2.45, 2.75) is 19.5 Å². The Morgan fingerprint density at radius 2 is 2.55 bits per heavy atom. The molecule has 1 aromatic heterocycles. The molecule has 1 atom stereocenters. The van der Waals surface area contributed by atoms with Crippen LogP contribution in [0.3, 0.4) is 0 Å². The fourth-order valence-electron chi connectivity index (χ4n) is 1.37. The van der Waals surface area contributed by atoms with Crippen LogP contribution in [0.15, 0.2) is 12.3 Å². The van der Waals surface area contributed by atoms with Crippen LogP contribution in [0.2, 0.25) is 0 Å². The molecule has 0 amide bonds. The number of aromatic nitrogens is 2. The molecule has 2 heterocycles. The lowest BCUT2D eigenvalue weighted by Crippen LogP contribution is -2.31. The van der Waals surface area contributed by atoms with Crippen molar-refractivity contribution < 1.29 is 0 Å². The number of nitrogens with one attached hydrogen (secondary N) is 1. The van der Waals surface area contributed by atoms with E-state index in [1.165, 1.54) is 5.69 Å². The van der Waals surface area contributed by atoms with Gasteiger partial charge in [0.05, 0.1) is 11.7 Å². The van der Waals surface area contributed by atoms with Gasteiger partial charge in [0, 0.05) is 19.3 Å². The fraction of sp³-hybridized carbons (Fsp3) is 0.571. The van der Waals surface area contributed by atoms with Crippen molar-refractivity contribution in [3.8, 4) is 0 Å². The standard InChI is InChI=1S/C7H11N3.ClH/c1-6-4-8-5-7-2-3-9-10(6)7;/h2-3,6,8H,4-5H2,1H3;1H. The quantitative estimate of drug-likeness (QED) is 0.634. The number of rotatable bonds is 0. The highest BCUT2D eigenvalue weighted by Crippen LogP contribution is 2.11. The molecule has 1 aliphatic heterocycles. The maximum absolute atomic E-state index is 4.21. The molecule has 3 nitrogen and oxygen atoms in total. The lowest BCUT2D eigenvalue weighted by molar-refractivity contribution is 0.392. The van der Waals surface area contributed by atoms with Gasteiger partial charge in [-0.05, 0) is 13.0 Å². The molecule has 0 aliphatic carbocycles. The Kier molecular flexibility index (Phi) is 2.52. The van der Waals surface area contributed by atoms with Crippen molar-refractivity contribution >= 4 is 12.4 Å². The van der Waals surface area contributed by atoms with Crippen LogP contribution in [0, 0.1) is 0 Å². The van der Waals surface area contributed by atoms with E-state index in [2.05, 4.69) is 28.1 Å². The van der Waals surface area contributed by atoms with Gasteiger partial charge in [0.15, 0.2) is 0 Å². The molecule has 0 radical (unpaired) electrons. The van der Waals surface area contributed by atoms with Crippen LogP contribution in [0.4, 0.5) is 0 Å². The van der Waals surface area contributed by atoms with Gasteiger partial charge in [-0.15, -0.1) is 12.4 Å². The average Bonchev–Trinajstić information content (AvgIpc) is 2.36. The van der Waals surface area contributed by atoms with Crippen molar-refractivity contribution in [3.63, 3.8) is 0 Å². The molecule has 2 rings (SSSR count). The number of hydrogen-bond donors (Lipinski definition) is 1. The highest BCUT2D eigenvalue weighted by Gasteiger charge is 2.13. The van der Waals surface area contributed by atoms with Gasteiger partial charge in [-0.1, -0.05) is 0 Å². The van der Waals surface area contributed by atoms with Crippen molar-refractivity contribution in [2.24, 2.45) is 0 Å². The summed E-state index contributed by atoms with van der Waals surface area (Å²) >= 11 is 0. The van der Waals surface area contributed by atoms with Crippen molar-refractivity contribution in [3.05, 3.63) is 18.0 Å². The van der Waals surface area contributed by atoms with Gasteiger partial charge in [0.25, 0.3) is 0 Å². The third-order valence-corrected chi connectivity index (χ3v) is 1.92. The molecule has 0 spiro atoms. The first-order chi connectivity index (χ1) is 4.88. The minimum atomic E-state index is 0. The monoisotopic (exact) mass is 173 g/mol. The predicted octanol–water partition coefficient (Wildman–Crippen LogP) is 0.969. The first-order valence-corrected chi connectivity index (χ1v) is 3.61. The minimum absolute atomic E-state index is 0. The maximum Gasteiger partial charge on any atom is 0.0619 e. The summed E-state index contributed by atoms with van der Waals surface area (Å²) in [7, 11) is 0. The molecular formula is C7H12ClN3. The molecule has 11 heavy (non-hydrogen) atoms. The van der Waals surface area contributed by atoms with E-state index in [0.29, 0.717) is 6.04 Å². The van der Waals surface area contributed by atoms with Crippen molar-refractivity contribution in [1.29, 1.82) is 0 Å². The normalized spacial score (nSPS) is 22.1. The van der Waals surface area contributed by atoms with E-state index in [1.807, 2.05) is 6.20 Å². The highest BCUT2D eigenvalue weighted by molar-refractivity contribution is 5.85. The number of fused-ring (bicyclic) bond motifs is 1. The second-order valence-electron chi connectivity index (χ2n) is 2.75. The van der Waals surface area contributed by atoms with Gasteiger partial charge in [-0.25, -0.2) is 0 Å². The van der Waals surface area contributed by atoms with E-state index in [4.69, 9.17) is 0 Å². The number of nitrogens with zero attached hydrogens (tertiary/aromatic N) is 2. The fourth-order valence-corrected chi connectivity index (χ4v) is 1.37. The third-order valence-electron chi connectivity index (χ3n) is 1.92. The maximum atomic E-state index is 4.21. The Balaban J connectivity index is 0.000000605. The summed E-state index contributed by atoms with van der Waals surface area (Å²) in [4.78, 5) is 0. The summed E-state index contributed by atoms with van der Waals surface area (Å²) in [5.41, 5.74) is 1.29. The first-order valence-electron chi connectivity index (χ1n) is 3.61. The Hall–Kier alpha value is -0.540. The second kappa shape index (κ2) is 3.24. The summed E-state index contributed by atoms with van der Waals surface area (Å²) in [6.07, 6.45) is 1.86. The summed E-state index contributed by atoms with van der Waals surface area (Å²) in [6, 6.07) is 2.57. The van der Waals surface area contributed by atoms with E-state index in [-0.39, 0.29) is 12.4 Å². The molecule has 1 N–H and O–H groups in total. The molecule has 0 aromatic carbocycles. The third kappa shape index (κ3) is 1.39. The molecule has 0 saturated heterocycles. The van der Waals surface area contributed by atoms with Crippen LogP contribution >= 0.6 is 12.4 Å². The summed E-state index contributed by atoms with van der Waals surface area (Å²) in [5, 5.41) is 7.53. The van der Waals surface area contributed by atoms with Gasteiger partial charge < -0.3 is 5.32 Å². The topological polar surface area (TPSA) is 29.9 Å². The molecule has 1 aromatic rings. The number of halogens is 1. The largest absolute Gasteiger partial charge is 0.309 e. The molecule has 62 valence electrons. The summed E-state index contributed by atoms with van der Waals surface area (Å²) < 4.78 is 2.08.